The summed E-state index contributed by atoms with van der Waals surface area (Å²) in [5.74, 6) is -0.727. The lowest BCUT2D eigenvalue weighted by Gasteiger charge is -2.29. The summed E-state index contributed by atoms with van der Waals surface area (Å²) in [5.41, 5.74) is 0.990. The van der Waals surface area contributed by atoms with Gasteiger partial charge in [0.1, 0.15) is 11.6 Å². The van der Waals surface area contributed by atoms with Crippen LogP contribution in [0.2, 0.25) is 0 Å². The van der Waals surface area contributed by atoms with Crippen molar-refractivity contribution in [1.82, 2.24) is 14.9 Å². The Morgan fingerprint density at radius 1 is 1.29 bits per heavy atom. The molecule has 1 aromatic carbocycles. The molecule has 0 spiro atoms. The lowest BCUT2D eigenvalue weighted by Crippen LogP contribution is -2.48. The molecule has 1 amide bonds. The minimum Gasteiger partial charge on any atom is -0.328 e. The summed E-state index contributed by atoms with van der Waals surface area (Å²) in [5, 5.41) is 6.34. The molecule has 192 valence electrons. The third-order valence-corrected chi connectivity index (χ3v) is 6.29. The number of halogens is 2. The normalized spacial score (nSPS) is 17.4. The number of nitrogens with one attached hydrogen (secondary N) is 2. The molecular formula is C27H39F2N5O. The number of carbonyl (C=O) groups is 1. The van der Waals surface area contributed by atoms with Crippen molar-refractivity contribution >= 4 is 17.9 Å². The third-order valence-electron chi connectivity index (χ3n) is 6.29. The molecule has 3 rings (SSSR count). The molecule has 0 radical (unpaired) electrons. The zero-order valence-corrected chi connectivity index (χ0v) is 21.8. The van der Waals surface area contributed by atoms with E-state index in [9.17, 15) is 13.6 Å². The predicted octanol–water partition coefficient (Wildman–Crippen LogP) is 5.27. The van der Waals surface area contributed by atoms with Crippen LogP contribution in [0.1, 0.15) is 71.9 Å². The van der Waals surface area contributed by atoms with Crippen LogP contribution in [0.3, 0.4) is 0 Å². The van der Waals surface area contributed by atoms with Gasteiger partial charge in [0, 0.05) is 24.5 Å². The van der Waals surface area contributed by atoms with Gasteiger partial charge in [-0.15, -0.1) is 0 Å². The number of nitrogens with zero attached hydrogens (tertiary/aromatic N) is 3. The van der Waals surface area contributed by atoms with E-state index in [1.807, 2.05) is 23.9 Å². The second kappa shape index (κ2) is 11.0. The van der Waals surface area contributed by atoms with Gasteiger partial charge in [-0.3, -0.25) is 9.79 Å². The minimum atomic E-state index is -0.542. The molecule has 0 saturated carbocycles. The highest BCUT2D eigenvalue weighted by Gasteiger charge is 2.28. The van der Waals surface area contributed by atoms with Crippen molar-refractivity contribution < 1.29 is 13.6 Å². The Balaban J connectivity index is 1.63. The number of hydrogen-bond donors (Lipinski definition) is 2. The van der Waals surface area contributed by atoms with Crippen LogP contribution in [-0.4, -0.2) is 40.3 Å². The molecule has 0 saturated heterocycles. The average Bonchev–Trinajstić information content (AvgIpc) is 3.22. The molecule has 8 heteroatoms. The van der Waals surface area contributed by atoms with E-state index in [-0.39, 0.29) is 22.9 Å². The van der Waals surface area contributed by atoms with Crippen molar-refractivity contribution in [2.75, 3.05) is 11.9 Å². The number of aromatic nitrogens is 2. The first-order valence-electron chi connectivity index (χ1n) is 12.5. The highest BCUT2D eigenvalue weighted by molar-refractivity contribution is 5.94. The Kier molecular flexibility index (Phi) is 8.46. The maximum Gasteiger partial charge on any atom is 0.242 e. The lowest BCUT2D eigenvalue weighted by molar-refractivity contribution is -0.118. The van der Waals surface area contributed by atoms with Crippen molar-refractivity contribution in [3.63, 3.8) is 0 Å². The highest BCUT2D eigenvalue weighted by Crippen LogP contribution is 2.26. The SMILES string of the molecule is CCC[C@H](N[C@H]1CCc2cc(F)cc(F)c2C1)C(=O)Nc1cn(C(C)(C)C/N=C/C(C)(C)C)cn1. The summed E-state index contributed by atoms with van der Waals surface area (Å²) in [6, 6.07) is 1.87. The van der Waals surface area contributed by atoms with Crippen molar-refractivity contribution in [3.8, 4) is 0 Å². The second-order valence-electron chi connectivity index (χ2n) is 11.3. The van der Waals surface area contributed by atoms with Crippen LogP contribution in [0, 0.1) is 17.0 Å². The van der Waals surface area contributed by atoms with Gasteiger partial charge < -0.3 is 15.2 Å². The third kappa shape index (κ3) is 7.43. The molecule has 0 unspecified atom stereocenters. The van der Waals surface area contributed by atoms with Gasteiger partial charge in [0.15, 0.2) is 5.82 Å². The number of hydrogen-bond acceptors (Lipinski definition) is 4. The maximum absolute atomic E-state index is 14.3. The van der Waals surface area contributed by atoms with Crippen LogP contribution in [0.25, 0.3) is 0 Å². The maximum atomic E-state index is 14.3. The van der Waals surface area contributed by atoms with Crippen LogP contribution in [0.5, 0.6) is 0 Å². The van der Waals surface area contributed by atoms with Gasteiger partial charge in [-0.2, -0.15) is 0 Å². The fourth-order valence-corrected chi connectivity index (χ4v) is 4.35. The number of benzene rings is 1. The number of fused-ring (bicyclic) bond motifs is 1. The van der Waals surface area contributed by atoms with E-state index in [1.165, 1.54) is 6.07 Å². The quantitative estimate of drug-likeness (QED) is 0.474. The van der Waals surface area contributed by atoms with Crippen molar-refractivity contribution in [2.24, 2.45) is 10.4 Å². The fraction of sp³-hybridized carbons (Fsp3) is 0.593. The van der Waals surface area contributed by atoms with Gasteiger partial charge in [0.25, 0.3) is 0 Å². The molecule has 0 aliphatic heterocycles. The van der Waals surface area contributed by atoms with E-state index in [0.717, 1.165) is 24.5 Å². The molecule has 1 aliphatic rings. The van der Waals surface area contributed by atoms with Gasteiger partial charge in [-0.05, 0) is 62.1 Å². The Morgan fingerprint density at radius 3 is 2.71 bits per heavy atom. The molecule has 2 N–H and O–H groups in total. The van der Waals surface area contributed by atoms with E-state index in [0.29, 0.717) is 37.2 Å². The monoisotopic (exact) mass is 487 g/mol. The summed E-state index contributed by atoms with van der Waals surface area (Å²) in [4.78, 5) is 22.1. The van der Waals surface area contributed by atoms with Crippen LogP contribution < -0.4 is 10.6 Å². The van der Waals surface area contributed by atoms with Crippen LogP contribution in [0.15, 0.2) is 29.6 Å². The highest BCUT2D eigenvalue weighted by atomic mass is 19.1. The lowest BCUT2D eigenvalue weighted by atomic mass is 9.87. The first-order chi connectivity index (χ1) is 16.4. The predicted molar refractivity (Wildman–Crippen MR) is 137 cm³/mol. The number of aliphatic imine (C=N–C) groups is 1. The molecule has 6 nitrogen and oxygen atoms in total. The van der Waals surface area contributed by atoms with E-state index < -0.39 is 17.7 Å². The fourth-order valence-electron chi connectivity index (χ4n) is 4.35. The number of aryl methyl sites for hydroxylation is 1. The minimum absolute atomic E-state index is 0.0216. The number of imidazole rings is 1. The Hall–Kier alpha value is -2.61. The molecule has 0 fully saturated rings. The number of anilines is 1. The van der Waals surface area contributed by atoms with Crippen molar-refractivity contribution in [3.05, 3.63) is 47.4 Å². The molecule has 2 atom stereocenters. The van der Waals surface area contributed by atoms with Crippen molar-refractivity contribution in [1.29, 1.82) is 0 Å². The topological polar surface area (TPSA) is 71.3 Å². The number of rotatable bonds is 9. The van der Waals surface area contributed by atoms with E-state index in [1.54, 1.807) is 6.33 Å². The second-order valence-corrected chi connectivity index (χ2v) is 11.3. The summed E-state index contributed by atoms with van der Waals surface area (Å²) >= 11 is 0. The van der Waals surface area contributed by atoms with Gasteiger partial charge in [-0.25, -0.2) is 13.8 Å². The average molecular weight is 488 g/mol. The number of amides is 1. The van der Waals surface area contributed by atoms with Crippen LogP contribution in [-0.2, 0) is 23.2 Å². The summed E-state index contributed by atoms with van der Waals surface area (Å²) in [6.07, 6.45) is 8.71. The Morgan fingerprint density at radius 2 is 2.03 bits per heavy atom. The largest absolute Gasteiger partial charge is 0.328 e. The van der Waals surface area contributed by atoms with E-state index >= 15 is 0 Å². The van der Waals surface area contributed by atoms with Gasteiger partial charge in [0.2, 0.25) is 5.91 Å². The molecule has 2 aromatic rings. The van der Waals surface area contributed by atoms with Gasteiger partial charge in [-0.1, -0.05) is 34.1 Å². The molecule has 1 aliphatic carbocycles. The first-order valence-corrected chi connectivity index (χ1v) is 12.5. The number of carbonyl (C=O) groups excluding carboxylic acids is 1. The van der Waals surface area contributed by atoms with E-state index in [4.69, 9.17) is 0 Å². The Bertz CT molecular complexity index is 1050. The standard InChI is InChI=1S/C27H39F2N5O/c1-7-8-23(32-20-10-9-18-11-19(28)12-22(29)21(18)13-20)25(35)33-24-14-34(17-31-24)27(5,6)16-30-15-26(2,3)4/h11-12,14-15,17,20,23,32H,7-10,13,16H2,1-6H3,(H,33,35)/b30-15+/t20-,23-/m0/s1. The Labute approximate surface area is 207 Å². The van der Waals surface area contributed by atoms with Crippen LogP contribution >= 0.6 is 0 Å². The van der Waals surface area contributed by atoms with Crippen molar-refractivity contribution in [2.45, 2.75) is 91.3 Å². The first kappa shape index (κ1) is 27.0. The molecule has 1 aromatic heterocycles. The summed E-state index contributed by atoms with van der Waals surface area (Å²) < 4.78 is 29.8. The molecule has 35 heavy (non-hydrogen) atoms. The zero-order valence-electron chi connectivity index (χ0n) is 21.8. The summed E-state index contributed by atoms with van der Waals surface area (Å²) in [7, 11) is 0. The zero-order chi connectivity index (χ0) is 25.8. The van der Waals surface area contributed by atoms with E-state index in [2.05, 4.69) is 55.2 Å². The molecular weight excluding hydrogens is 448 g/mol. The molecule has 1 heterocycles. The summed E-state index contributed by atoms with van der Waals surface area (Å²) in [6.45, 7) is 13.1. The van der Waals surface area contributed by atoms with Crippen LogP contribution in [0.4, 0.5) is 14.6 Å². The van der Waals surface area contributed by atoms with Gasteiger partial charge in [0.05, 0.1) is 24.5 Å². The van der Waals surface area contributed by atoms with Gasteiger partial charge >= 0.3 is 0 Å². The molecule has 0 bridgehead atoms. The smallest absolute Gasteiger partial charge is 0.242 e.